The number of hydrogen-bond acceptors (Lipinski definition) is 6. The highest BCUT2D eigenvalue weighted by molar-refractivity contribution is 7.90. The number of nitrogens with zero attached hydrogens (tertiary/aromatic N) is 1. The van der Waals surface area contributed by atoms with Crippen LogP contribution in [0.2, 0.25) is 0 Å². The van der Waals surface area contributed by atoms with Crippen molar-refractivity contribution >= 4 is 38.0 Å². The maximum atomic E-state index is 11.3. The Balaban J connectivity index is 2.17. The van der Waals surface area contributed by atoms with E-state index in [-0.39, 0.29) is 10.6 Å². The molecule has 0 aliphatic carbocycles. The molecule has 0 aliphatic rings. The van der Waals surface area contributed by atoms with E-state index in [0.29, 0.717) is 10.8 Å². The van der Waals surface area contributed by atoms with E-state index in [1.165, 1.54) is 17.5 Å². The number of nitrogens with one attached hydrogen (secondary N) is 1. The van der Waals surface area contributed by atoms with Crippen LogP contribution in [0.1, 0.15) is 10.5 Å². The van der Waals surface area contributed by atoms with Crippen LogP contribution in [0.3, 0.4) is 0 Å². The summed E-state index contributed by atoms with van der Waals surface area (Å²) in [6.07, 6.45) is 1.13. The third kappa shape index (κ3) is 3.30. The van der Waals surface area contributed by atoms with Gasteiger partial charge in [-0.2, -0.15) is 0 Å². The molecule has 19 heavy (non-hydrogen) atoms. The number of aromatic nitrogens is 1. The third-order valence-corrected chi connectivity index (χ3v) is 4.14. The Bertz CT molecular complexity index is 705. The van der Waals surface area contributed by atoms with Crippen LogP contribution < -0.4 is 5.32 Å². The van der Waals surface area contributed by atoms with E-state index < -0.39 is 15.8 Å². The Morgan fingerprint density at radius 1 is 1.32 bits per heavy atom. The molecule has 0 spiro atoms. The molecule has 8 heteroatoms. The molecule has 2 aromatic rings. The molecule has 1 heterocycles. The molecule has 0 saturated heterocycles. The monoisotopic (exact) mass is 298 g/mol. The van der Waals surface area contributed by atoms with Crippen molar-refractivity contribution in [2.24, 2.45) is 0 Å². The van der Waals surface area contributed by atoms with E-state index in [1.54, 1.807) is 12.1 Å². The van der Waals surface area contributed by atoms with Gasteiger partial charge >= 0.3 is 5.97 Å². The first-order valence-corrected chi connectivity index (χ1v) is 7.89. The van der Waals surface area contributed by atoms with Gasteiger partial charge in [-0.25, -0.2) is 18.2 Å². The molecule has 0 fully saturated rings. The largest absolute Gasteiger partial charge is 0.476 e. The van der Waals surface area contributed by atoms with Gasteiger partial charge in [-0.1, -0.05) is 0 Å². The molecule has 0 unspecified atom stereocenters. The van der Waals surface area contributed by atoms with Crippen LogP contribution in [0.5, 0.6) is 0 Å². The van der Waals surface area contributed by atoms with Gasteiger partial charge in [0.2, 0.25) is 0 Å². The number of benzene rings is 1. The van der Waals surface area contributed by atoms with Crippen molar-refractivity contribution in [1.82, 2.24) is 4.98 Å². The number of carboxylic acids is 1. The van der Waals surface area contributed by atoms with Crippen LogP contribution in [0.4, 0.5) is 10.8 Å². The Kier molecular flexibility index (Phi) is 3.54. The van der Waals surface area contributed by atoms with Gasteiger partial charge in [0.1, 0.15) is 0 Å². The topological polar surface area (TPSA) is 96.4 Å². The first-order chi connectivity index (χ1) is 8.86. The normalized spacial score (nSPS) is 11.2. The lowest BCUT2D eigenvalue weighted by Gasteiger charge is -2.03. The molecule has 0 aliphatic heterocycles. The zero-order chi connectivity index (χ0) is 14.0. The summed E-state index contributed by atoms with van der Waals surface area (Å²) in [6.45, 7) is 0. The minimum Gasteiger partial charge on any atom is -0.476 e. The number of thiazole rings is 1. The summed E-state index contributed by atoms with van der Waals surface area (Å²) in [4.78, 5) is 14.8. The second-order valence-electron chi connectivity index (χ2n) is 3.76. The number of anilines is 2. The molecular weight excluding hydrogens is 288 g/mol. The standard InChI is InChI=1S/C11H10N2O4S2/c1-19(16,17)8-4-2-7(3-5-8)12-11-13-9(6-18-11)10(14)15/h2-6H,1H3,(H,12,13)(H,14,15). The molecular formula is C11H10N2O4S2. The summed E-state index contributed by atoms with van der Waals surface area (Å²) in [7, 11) is -3.22. The fourth-order valence-electron chi connectivity index (χ4n) is 1.34. The highest BCUT2D eigenvalue weighted by atomic mass is 32.2. The molecule has 0 saturated carbocycles. The highest BCUT2D eigenvalue weighted by Gasteiger charge is 2.09. The molecule has 1 aromatic heterocycles. The molecule has 0 radical (unpaired) electrons. The summed E-state index contributed by atoms with van der Waals surface area (Å²) >= 11 is 1.16. The van der Waals surface area contributed by atoms with Crippen molar-refractivity contribution in [3.8, 4) is 0 Å². The van der Waals surface area contributed by atoms with E-state index in [0.717, 1.165) is 17.6 Å². The summed E-state index contributed by atoms with van der Waals surface area (Å²) in [5.41, 5.74) is 0.610. The summed E-state index contributed by atoms with van der Waals surface area (Å²) in [5.74, 6) is -1.09. The molecule has 0 bridgehead atoms. The average Bonchev–Trinajstić information content (AvgIpc) is 2.77. The van der Waals surface area contributed by atoms with Crippen molar-refractivity contribution in [1.29, 1.82) is 0 Å². The van der Waals surface area contributed by atoms with Crippen molar-refractivity contribution in [3.63, 3.8) is 0 Å². The Morgan fingerprint density at radius 2 is 1.95 bits per heavy atom. The van der Waals surface area contributed by atoms with Gasteiger partial charge in [-0.3, -0.25) is 0 Å². The number of sulfone groups is 1. The van der Waals surface area contributed by atoms with Crippen molar-refractivity contribution in [2.75, 3.05) is 11.6 Å². The zero-order valence-electron chi connectivity index (χ0n) is 9.82. The number of aromatic carboxylic acids is 1. The Morgan fingerprint density at radius 3 is 2.42 bits per heavy atom. The van der Waals surface area contributed by atoms with Crippen LogP contribution in [0.15, 0.2) is 34.5 Å². The van der Waals surface area contributed by atoms with E-state index in [1.807, 2.05) is 0 Å². The molecule has 100 valence electrons. The van der Waals surface area contributed by atoms with Gasteiger partial charge in [-0.15, -0.1) is 11.3 Å². The second kappa shape index (κ2) is 4.98. The summed E-state index contributed by atoms with van der Waals surface area (Å²) < 4.78 is 22.6. The van der Waals surface area contributed by atoms with Crippen LogP contribution in [0, 0.1) is 0 Å². The molecule has 0 amide bonds. The lowest BCUT2D eigenvalue weighted by Crippen LogP contribution is -1.98. The fourth-order valence-corrected chi connectivity index (χ4v) is 2.67. The van der Waals surface area contributed by atoms with Crippen molar-refractivity contribution in [3.05, 3.63) is 35.3 Å². The van der Waals surface area contributed by atoms with Crippen molar-refractivity contribution < 1.29 is 18.3 Å². The second-order valence-corrected chi connectivity index (χ2v) is 6.64. The van der Waals surface area contributed by atoms with E-state index in [2.05, 4.69) is 10.3 Å². The Labute approximate surface area is 113 Å². The first-order valence-electron chi connectivity index (χ1n) is 5.12. The van der Waals surface area contributed by atoms with E-state index in [4.69, 9.17) is 5.11 Å². The predicted octanol–water partition coefficient (Wildman–Crippen LogP) is 1.99. The molecule has 2 rings (SSSR count). The molecule has 0 atom stereocenters. The molecule has 2 N–H and O–H groups in total. The third-order valence-electron chi connectivity index (χ3n) is 2.26. The molecule has 1 aromatic carbocycles. The van der Waals surface area contributed by atoms with Gasteiger partial charge in [0, 0.05) is 17.3 Å². The summed E-state index contributed by atoms with van der Waals surface area (Å²) in [6, 6.07) is 6.14. The number of carbonyl (C=O) groups is 1. The van der Waals surface area contributed by atoms with Gasteiger partial charge in [0.05, 0.1) is 4.90 Å². The minimum absolute atomic E-state index is 0.0275. The Hall–Kier alpha value is -1.93. The van der Waals surface area contributed by atoms with Gasteiger partial charge in [-0.05, 0) is 24.3 Å². The van der Waals surface area contributed by atoms with Gasteiger partial charge in [0.15, 0.2) is 20.7 Å². The fraction of sp³-hybridized carbons (Fsp3) is 0.0909. The number of hydrogen-bond donors (Lipinski definition) is 2. The average molecular weight is 298 g/mol. The summed E-state index contributed by atoms with van der Waals surface area (Å²) in [5, 5.41) is 13.5. The SMILES string of the molecule is CS(=O)(=O)c1ccc(Nc2nc(C(=O)O)cs2)cc1. The minimum atomic E-state index is -3.22. The lowest BCUT2D eigenvalue weighted by molar-refractivity contribution is 0.0691. The van der Waals surface area contributed by atoms with Gasteiger partial charge < -0.3 is 10.4 Å². The first kappa shape index (κ1) is 13.5. The number of carboxylic acid groups (broad SMARTS) is 1. The van der Waals surface area contributed by atoms with Crippen LogP contribution >= 0.6 is 11.3 Å². The molecule has 6 nitrogen and oxygen atoms in total. The van der Waals surface area contributed by atoms with Crippen molar-refractivity contribution in [2.45, 2.75) is 4.90 Å². The van der Waals surface area contributed by atoms with Crippen LogP contribution in [-0.2, 0) is 9.84 Å². The highest BCUT2D eigenvalue weighted by Crippen LogP contribution is 2.22. The van der Waals surface area contributed by atoms with E-state index >= 15 is 0 Å². The lowest BCUT2D eigenvalue weighted by atomic mass is 10.3. The maximum absolute atomic E-state index is 11.3. The smallest absolute Gasteiger partial charge is 0.355 e. The predicted molar refractivity (Wildman–Crippen MR) is 71.9 cm³/mol. The van der Waals surface area contributed by atoms with Crippen LogP contribution in [-0.4, -0.2) is 30.7 Å². The maximum Gasteiger partial charge on any atom is 0.355 e. The van der Waals surface area contributed by atoms with Gasteiger partial charge in [0.25, 0.3) is 0 Å². The van der Waals surface area contributed by atoms with E-state index in [9.17, 15) is 13.2 Å². The quantitative estimate of drug-likeness (QED) is 0.896. The van der Waals surface area contributed by atoms with Crippen LogP contribution in [0.25, 0.3) is 0 Å². The number of rotatable bonds is 4. The zero-order valence-corrected chi connectivity index (χ0v) is 11.5.